The van der Waals surface area contributed by atoms with Gasteiger partial charge in [0.1, 0.15) is 18.0 Å². The molecule has 3 heterocycles. The van der Waals surface area contributed by atoms with Crippen LogP contribution >= 0.6 is 11.6 Å². The summed E-state index contributed by atoms with van der Waals surface area (Å²) in [7, 11) is 0. The molecule has 0 fully saturated rings. The molecular formula is C21H16ClF5N4O. The van der Waals surface area contributed by atoms with Crippen LogP contribution in [-0.2, 0) is 16.7 Å². The van der Waals surface area contributed by atoms with Crippen molar-refractivity contribution in [3.05, 3.63) is 70.4 Å². The third kappa shape index (κ3) is 4.19. The van der Waals surface area contributed by atoms with Crippen LogP contribution in [0.4, 0.5) is 22.0 Å². The maximum absolute atomic E-state index is 14.7. The number of benzene rings is 1. The fourth-order valence-electron chi connectivity index (χ4n) is 3.74. The minimum Gasteiger partial charge on any atom is -0.452 e. The molecule has 1 aliphatic heterocycles. The number of amidine groups is 1. The highest BCUT2D eigenvalue weighted by atomic mass is 35.5. The lowest BCUT2D eigenvalue weighted by atomic mass is 9.83. The van der Waals surface area contributed by atoms with Gasteiger partial charge in [0.2, 0.25) is 0 Å². The number of ether oxygens (including phenoxy) is 1. The Labute approximate surface area is 184 Å². The highest BCUT2D eigenvalue weighted by Gasteiger charge is 2.52. The lowest BCUT2D eigenvalue weighted by Crippen LogP contribution is -2.48. The van der Waals surface area contributed by atoms with E-state index in [-0.39, 0.29) is 12.0 Å². The number of alkyl halides is 4. The van der Waals surface area contributed by atoms with Gasteiger partial charge in [-0.1, -0.05) is 17.7 Å². The average molecular weight is 471 g/mol. The molecule has 2 N–H and O–H groups in total. The van der Waals surface area contributed by atoms with Gasteiger partial charge < -0.3 is 10.5 Å². The van der Waals surface area contributed by atoms with Gasteiger partial charge in [-0.05, 0) is 29.8 Å². The third-order valence-corrected chi connectivity index (χ3v) is 5.45. The van der Waals surface area contributed by atoms with Crippen LogP contribution in [0.25, 0.3) is 10.9 Å². The van der Waals surface area contributed by atoms with Crippen LogP contribution in [0.1, 0.15) is 23.2 Å². The van der Waals surface area contributed by atoms with Crippen molar-refractivity contribution >= 4 is 28.5 Å². The topological polar surface area (TPSA) is 73.4 Å². The molecule has 3 aromatic rings. The zero-order chi connectivity index (χ0) is 23.1. The van der Waals surface area contributed by atoms with Crippen molar-refractivity contribution in [1.82, 2.24) is 9.97 Å². The van der Waals surface area contributed by atoms with Gasteiger partial charge in [0.25, 0.3) is 6.02 Å². The fourth-order valence-corrected chi connectivity index (χ4v) is 3.91. The Morgan fingerprint density at radius 3 is 2.69 bits per heavy atom. The lowest BCUT2D eigenvalue weighted by Gasteiger charge is -2.36. The van der Waals surface area contributed by atoms with Crippen LogP contribution in [0.3, 0.4) is 0 Å². The number of fused-ring (bicyclic) bond motifs is 1. The van der Waals surface area contributed by atoms with Gasteiger partial charge in [0.05, 0.1) is 16.2 Å². The first-order valence-corrected chi connectivity index (χ1v) is 9.82. The Kier molecular flexibility index (Phi) is 5.66. The van der Waals surface area contributed by atoms with E-state index < -0.39 is 42.8 Å². The molecule has 2 aromatic heterocycles. The lowest BCUT2D eigenvalue weighted by molar-refractivity contribution is -0.209. The van der Waals surface area contributed by atoms with Crippen LogP contribution in [0.15, 0.2) is 47.7 Å². The molecule has 5 nitrogen and oxygen atoms in total. The zero-order valence-corrected chi connectivity index (χ0v) is 17.1. The van der Waals surface area contributed by atoms with Crippen molar-refractivity contribution < 1.29 is 26.7 Å². The molecule has 0 spiro atoms. The Morgan fingerprint density at radius 1 is 1.19 bits per heavy atom. The predicted octanol–water partition coefficient (Wildman–Crippen LogP) is 4.84. The largest absolute Gasteiger partial charge is 0.452 e. The molecule has 32 heavy (non-hydrogen) atoms. The van der Waals surface area contributed by atoms with E-state index in [0.29, 0.717) is 21.8 Å². The molecule has 0 amide bonds. The summed E-state index contributed by atoms with van der Waals surface area (Å²) >= 11 is 5.97. The standard InChI is InChI=1S/C21H16ClF5N4O/c22-13-7-12-3-4-29-16(18(12)30-9-13)6-11-1-2-15(24)14(5-11)20(10-23)8-17(21(25,26)27)32-19(28)31-20/h1-5,7,9,17H,6,8,10H2,(H2,28,31)/t17-,20+/m0/s1. The maximum Gasteiger partial charge on any atom is 0.425 e. The number of hydrogen-bond donors (Lipinski definition) is 1. The highest BCUT2D eigenvalue weighted by Crippen LogP contribution is 2.41. The van der Waals surface area contributed by atoms with E-state index >= 15 is 0 Å². The second-order valence-electron chi connectivity index (χ2n) is 7.44. The van der Waals surface area contributed by atoms with E-state index in [1.807, 2.05) is 0 Å². The van der Waals surface area contributed by atoms with Crippen molar-refractivity contribution in [2.45, 2.75) is 30.7 Å². The summed E-state index contributed by atoms with van der Waals surface area (Å²) < 4.78 is 73.3. The molecule has 11 heteroatoms. The Hall–Kier alpha value is -3.01. The summed E-state index contributed by atoms with van der Waals surface area (Å²) in [5.74, 6) is -0.901. The fraction of sp³-hybridized carbons (Fsp3) is 0.286. The molecule has 0 radical (unpaired) electrons. The minimum atomic E-state index is -4.82. The summed E-state index contributed by atoms with van der Waals surface area (Å²) in [5.41, 5.74) is 4.48. The third-order valence-electron chi connectivity index (χ3n) is 5.24. The van der Waals surface area contributed by atoms with E-state index in [1.54, 1.807) is 18.3 Å². The summed E-state index contributed by atoms with van der Waals surface area (Å²) in [6, 6.07) is 6.36. The van der Waals surface area contributed by atoms with Gasteiger partial charge in [0.15, 0.2) is 6.10 Å². The molecule has 1 aromatic carbocycles. The summed E-state index contributed by atoms with van der Waals surface area (Å²) in [6.07, 6.45) is -5.00. The number of nitrogens with two attached hydrogens (primary N) is 1. The van der Waals surface area contributed by atoms with Crippen LogP contribution < -0.4 is 5.73 Å². The Balaban J connectivity index is 1.75. The molecule has 0 unspecified atom stereocenters. The molecule has 1 aliphatic rings. The first-order valence-electron chi connectivity index (χ1n) is 9.44. The van der Waals surface area contributed by atoms with Gasteiger partial charge >= 0.3 is 6.18 Å². The number of nitrogens with zero attached hydrogens (tertiary/aromatic N) is 3. The summed E-state index contributed by atoms with van der Waals surface area (Å²) in [4.78, 5) is 12.3. The number of aromatic nitrogens is 2. The molecule has 0 bridgehead atoms. The monoisotopic (exact) mass is 470 g/mol. The summed E-state index contributed by atoms with van der Waals surface area (Å²) in [5, 5.41) is 1.18. The van der Waals surface area contributed by atoms with Crippen molar-refractivity contribution in [1.29, 1.82) is 0 Å². The number of halogens is 6. The molecule has 0 saturated heterocycles. The molecule has 2 atom stereocenters. The van der Waals surface area contributed by atoms with E-state index in [0.717, 1.165) is 11.5 Å². The molecule has 0 saturated carbocycles. The van der Waals surface area contributed by atoms with Gasteiger partial charge in [-0.2, -0.15) is 13.2 Å². The van der Waals surface area contributed by atoms with Crippen molar-refractivity contribution in [3.63, 3.8) is 0 Å². The minimum absolute atomic E-state index is 0.167. The van der Waals surface area contributed by atoms with Crippen LogP contribution in [0.2, 0.25) is 5.02 Å². The second-order valence-corrected chi connectivity index (χ2v) is 7.88. The normalized spacial score (nSPS) is 21.3. The van der Waals surface area contributed by atoms with Crippen LogP contribution in [0, 0.1) is 5.82 Å². The predicted molar refractivity (Wildman–Crippen MR) is 109 cm³/mol. The van der Waals surface area contributed by atoms with Crippen LogP contribution in [-0.4, -0.2) is 34.9 Å². The van der Waals surface area contributed by atoms with Crippen molar-refractivity contribution in [2.24, 2.45) is 10.7 Å². The van der Waals surface area contributed by atoms with Crippen molar-refractivity contribution in [3.8, 4) is 0 Å². The van der Waals surface area contributed by atoms with Crippen LogP contribution in [0.5, 0.6) is 0 Å². The van der Waals surface area contributed by atoms with Crippen molar-refractivity contribution in [2.75, 3.05) is 6.67 Å². The molecule has 4 rings (SSSR count). The Morgan fingerprint density at radius 2 is 1.97 bits per heavy atom. The van der Waals surface area contributed by atoms with Gasteiger partial charge in [0, 0.05) is 36.2 Å². The first kappa shape index (κ1) is 22.2. The smallest absolute Gasteiger partial charge is 0.425 e. The number of aliphatic imine (C=N–C) groups is 1. The number of pyridine rings is 2. The molecule has 0 aliphatic carbocycles. The van der Waals surface area contributed by atoms with Gasteiger partial charge in [-0.3, -0.25) is 9.97 Å². The average Bonchev–Trinajstić information content (AvgIpc) is 2.74. The number of rotatable bonds is 4. The molecule has 168 valence electrons. The van der Waals surface area contributed by atoms with Gasteiger partial charge in [-0.15, -0.1) is 0 Å². The van der Waals surface area contributed by atoms with E-state index in [1.165, 1.54) is 18.3 Å². The Bertz CT molecular complexity index is 1200. The van der Waals surface area contributed by atoms with E-state index in [4.69, 9.17) is 17.3 Å². The second kappa shape index (κ2) is 8.16. The first-order chi connectivity index (χ1) is 15.1. The highest BCUT2D eigenvalue weighted by molar-refractivity contribution is 6.31. The SMILES string of the molecule is NC1=N[C@](CF)(c2cc(Cc3nccc4cc(Cl)cnc34)ccc2F)C[C@@H](C(F)(F)F)O1. The maximum atomic E-state index is 14.7. The van der Waals surface area contributed by atoms with E-state index in [9.17, 15) is 22.0 Å². The number of hydrogen-bond acceptors (Lipinski definition) is 5. The summed E-state index contributed by atoms with van der Waals surface area (Å²) in [6.45, 7) is -1.39. The quantitative estimate of drug-likeness (QED) is 0.554. The molecular weight excluding hydrogens is 455 g/mol. The zero-order valence-electron chi connectivity index (χ0n) is 16.3. The van der Waals surface area contributed by atoms with E-state index in [2.05, 4.69) is 19.7 Å². The van der Waals surface area contributed by atoms with Gasteiger partial charge in [-0.25, -0.2) is 13.8 Å².